The Labute approximate surface area is 110 Å². The van der Waals surface area contributed by atoms with Crippen LogP contribution >= 0.6 is 0 Å². The highest BCUT2D eigenvalue weighted by Gasteiger charge is 2.32. The van der Waals surface area contributed by atoms with Crippen molar-refractivity contribution < 1.29 is 0 Å². The van der Waals surface area contributed by atoms with Crippen LogP contribution in [0.3, 0.4) is 0 Å². The Morgan fingerprint density at radius 1 is 1.17 bits per heavy atom. The lowest BCUT2D eigenvalue weighted by atomic mass is 9.87. The maximum absolute atomic E-state index is 3.70. The monoisotopic (exact) mass is 244 g/mol. The Hall–Kier alpha value is -1.02. The molecule has 2 atom stereocenters. The number of hydrogen-bond acceptors (Lipinski definition) is 2. The molecule has 1 saturated heterocycles. The van der Waals surface area contributed by atoms with Crippen LogP contribution in [0.2, 0.25) is 0 Å². The lowest BCUT2D eigenvalue weighted by molar-refractivity contribution is 0.284. The Balaban J connectivity index is 1.80. The predicted octanol–water partition coefficient (Wildman–Crippen LogP) is 2.97. The Morgan fingerprint density at radius 2 is 1.94 bits per heavy atom. The molecule has 0 aromatic heterocycles. The summed E-state index contributed by atoms with van der Waals surface area (Å²) < 4.78 is 0. The van der Waals surface area contributed by atoms with E-state index in [9.17, 15) is 0 Å². The van der Waals surface area contributed by atoms with Crippen LogP contribution in [0, 0.1) is 0 Å². The molecular formula is C16H24N2. The van der Waals surface area contributed by atoms with Gasteiger partial charge in [0.15, 0.2) is 0 Å². The largest absolute Gasteiger partial charge is 0.366 e. The van der Waals surface area contributed by atoms with Crippen molar-refractivity contribution in [3.63, 3.8) is 0 Å². The first-order valence-corrected chi connectivity index (χ1v) is 7.47. The smallest absolute Gasteiger partial charge is 0.0443 e. The van der Waals surface area contributed by atoms with E-state index in [0.717, 1.165) is 31.6 Å². The normalized spacial score (nSPS) is 27.9. The topological polar surface area (TPSA) is 15.3 Å². The van der Waals surface area contributed by atoms with Crippen LogP contribution in [0.25, 0.3) is 0 Å². The molecule has 1 aliphatic heterocycles. The highest BCUT2D eigenvalue weighted by atomic mass is 15.2. The van der Waals surface area contributed by atoms with E-state index in [1.54, 1.807) is 0 Å². The number of fused-ring (bicyclic) bond motifs is 1. The van der Waals surface area contributed by atoms with Crippen molar-refractivity contribution in [3.05, 3.63) is 29.8 Å². The van der Waals surface area contributed by atoms with Gasteiger partial charge in [-0.2, -0.15) is 0 Å². The van der Waals surface area contributed by atoms with Crippen molar-refractivity contribution in [2.24, 2.45) is 0 Å². The van der Waals surface area contributed by atoms with Crippen LogP contribution in [0.1, 0.15) is 38.2 Å². The molecule has 1 aliphatic carbocycles. The molecule has 2 nitrogen and oxygen atoms in total. The molecule has 98 valence electrons. The van der Waals surface area contributed by atoms with E-state index in [-0.39, 0.29) is 0 Å². The number of aryl methyl sites for hydroxylation is 1. The number of anilines is 1. The standard InChI is InChI=1S/C16H24N2/c1-2-13-7-9-14(10-8-13)18-12-11-17-15-5-3-4-6-16(15)18/h7-10,15-17H,2-6,11-12H2,1H3/t15-,16+/m1/s1. The van der Waals surface area contributed by atoms with Crippen LogP contribution in [0.15, 0.2) is 24.3 Å². The van der Waals surface area contributed by atoms with Gasteiger partial charge in [0.05, 0.1) is 0 Å². The second kappa shape index (κ2) is 5.31. The molecule has 0 bridgehead atoms. The maximum atomic E-state index is 3.70. The third-order valence-corrected chi connectivity index (χ3v) is 4.57. The zero-order chi connectivity index (χ0) is 12.4. The zero-order valence-electron chi connectivity index (χ0n) is 11.4. The van der Waals surface area contributed by atoms with E-state index in [4.69, 9.17) is 0 Å². The van der Waals surface area contributed by atoms with Gasteiger partial charge < -0.3 is 10.2 Å². The Kier molecular flexibility index (Phi) is 3.55. The van der Waals surface area contributed by atoms with Crippen molar-refractivity contribution in [3.8, 4) is 0 Å². The molecule has 1 heterocycles. The van der Waals surface area contributed by atoms with Gasteiger partial charge in [-0.1, -0.05) is 31.9 Å². The van der Waals surface area contributed by atoms with Crippen molar-refractivity contribution in [2.75, 3.05) is 18.0 Å². The first-order chi connectivity index (χ1) is 8.88. The van der Waals surface area contributed by atoms with Gasteiger partial charge in [-0.25, -0.2) is 0 Å². The summed E-state index contributed by atoms with van der Waals surface area (Å²) >= 11 is 0. The fraction of sp³-hybridized carbons (Fsp3) is 0.625. The molecule has 0 amide bonds. The second-order valence-electron chi connectivity index (χ2n) is 5.63. The molecule has 0 radical (unpaired) electrons. The predicted molar refractivity (Wildman–Crippen MR) is 77.2 cm³/mol. The van der Waals surface area contributed by atoms with E-state index < -0.39 is 0 Å². The van der Waals surface area contributed by atoms with Crippen LogP contribution in [-0.4, -0.2) is 25.2 Å². The van der Waals surface area contributed by atoms with E-state index in [2.05, 4.69) is 41.4 Å². The van der Waals surface area contributed by atoms with Gasteiger partial charge in [0.25, 0.3) is 0 Å². The summed E-state index contributed by atoms with van der Waals surface area (Å²) in [6.45, 7) is 4.51. The number of hydrogen-bond donors (Lipinski definition) is 1. The first kappa shape index (κ1) is 12.0. The molecule has 1 N–H and O–H groups in total. The summed E-state index contributed by atoms with van der Waals surface area (Å²) in [4.78, 5) is 2.64. The maximum Gasteiger partial charge on any atom is 0.0443 e. The third kappa shape index (κ3) is 2.26. The molecule has 1 aromatic carbocycles. The summed E-state index contributed by atoms with van der Waals surface area (Å²) in [6, 6.07) is 10.6. The number of rotatable bonds is 2. The molecule has 0 spiro atoms. The quantitative estimate of drug-likeness (QED) is 0.860. The molecule has 2 aliphatic rings. The average Bonchev–Trinajstić information content (AvgIpc) is 2.47. The van der Waals surface area contributed by atoms with Gasteiger partial charge in [0.1, 0.15) is 0 Å². The highest BCUT2D eigenvalue weighted by Crippen LogP contribution is 2.29. The number of nitrogens with zero attached hydrogens (tertiary/aromatic N) is 1. The summed E-state index contributed by atoms with van der Waals surface area (Å²) in [5.41, 5.74) is 2.86. The van der Waals surface area contributed by atoms with Crippen molar-refractivity contribution in [1.82, 2.24) is 5.32 Å². The van der Waals surface area contributed by atoms with E-state index in [0.29, 0.717) is 0 Å². The minimum Gasteiger partial charge on any atom is -0.366 e. The van der Waals surface area contributed by atoms with E-state index in [1.807, 2.05) is 0 Å². The minimum absolute atomic E-state index is 0.721. The summed E-state index contributed by atoms with van der Waals surface area (Å²) in [5.74, 6) is 0. The van der Waals surface area contributed by atoms with Gasteiger partial charge in [-0.3, -0.25) is 0 Å². The van der Waals surface area contributed by atoms with E-state index >= 15 is 0 Å². The fourth-order valence-electron chi connectivity index (χ4n) is 3.50. The van der Waals surface area contributed by atoms with Crippen LogP contribution in [0.4, 0.5) is 5.69 Å². The van der Waals surface area contributed by atoms with Crippen LogP contribution in [0.5, 0.6) is 0 Å². The summed E-state index contributed by atoms with van der Waals surface area (Å²) in [7, 11) is 0. The minimum atomic E-state index is 0.721. The van der Waals surface area contributed by atoms with Crippen molar-refractivity contribution in [1.29, 1.82) is 0 Å². The molecule has 3 rings (SSSR count). The van der Waals surface area contributed by atoms with Gasteiger partial charge >= 0.3 is 0 Å². The molecule has 18 heavy (non-hydrogen) atoms. The highest BCUT2D eigenvalue weighted by molar-refractivity contribution is 5.49. The number of benzene rings is 1. The van der Waals surface area contributed by atoms with Crippen LogP contribution in [-0.2, 0) is 6.42 Å². The van der Waals surface area contributed by atoms with Gasteiger partial charge in [-0.15, -0.1) is 0 Å². The molecule has 0 unspecified atom stereocenters. The zero-order valence-corrected chi connectivity index (χ0v) is 11.4. The fourth-order valence-corrected chi connectivity index (χ4v) is 3.50. The molecule has 2 heteroatoms. The Bertz CT molecular complexity index is 383. The lowest BCUT2D eigenvalue weighted by Gasteiger charge is -2.46. The number of piperazine rings is 1. The van der Waals surface area contributed by atoms with Gasteiger partial charge in [-0.05, 0) is 37.0 Å². The summed E-state index contributed by atoms with van der Waals surface area (Å²) in [5, 5.41) is 3.70. The van der Waals surface area contributed by atoms with E-state index in [1.165, 1.54) is 36.9 Å². The average molecular weight is 244 g/mol. The van der Waals surface area contributed by atoms with Gasteiger partial charge in [0.2, 0.25) is 0 Å². The van der Waals surface area contributed by atoms with Crippen LogP contribution < -0.4 is 10.2 Å². The number of nitrogens with one attached hydrogen (secondary N) is 1. The molecule has 2 fully saturated rings. The lowest BCUT2D eigenvalue weighted by Crippen LogP contribution is -2.59. The SMILES string of the molecule is CCc1ccc(N2CCN[C@@H]3CCCC[C@@H]32)cc1. The molecule has 1 aromatic rings. The van der Waals surface area contributed by atoms with Crippen molar-refractivity contribution in [2.45, 2.75) is 51.1 Å². The third-order valence-electron chi connectivity index (χ3n) is 4.57. The molecular weight excluding hydrogens is 220 g/mol. The first-order valence-electron chi connectivity index (χ1n) is 7.47. The molecule has 1 saturated carbocycles. The van der Waals surface area contributed by atoms with Crippen molar-refractivity contribution >= 4 is 5.69 Å². The summed E-state index contributed by atoms with van der Waals surface area (Å²) in [6.07, 6.45) is 6.64. The van der Waals surface area contributed by atoms with Gasteiger partial charge in [0, 0.05) is 30.9 Å². The Morgan fingerprint density at radius 3 is 2.72 bits per heavy atom. The second-order valence-corrected chi connectivity index (χ2v) is 5.63.